The number of hydrogen-bond donors (Lipinski definition) is 2. The lowest BCUT2D eigenvalue weighted by Gasteiger charge is -2.01. The highest BCUT2D eigenvalue weighted by molar-refractivity contribution is 5.96. The maximum Gasteiger partial charge on any atom is 0.287 e. The molecule has 6 heteroatoms. The number of nitrogen functional groups attached to an aromatic ring is 1. The predicted octanol–water partition coefficient (Wildman–Crippen LogP) is 1.74. The molecular weight excluding hydrogens is 256 g/mol. The molecule has 3 N–H and O–H groups in total. The van der Waals surface area contributed by atoms with Crippen molar-refractivity contribution in [3.63, 3.8) is 0 Å². The van der Waals surface area contributed by atoms with E-state index in [1.165, 1.54) is 6.33 Å². The van der Waals surface area contributed by atoms with Crippen molar-refractivity contribution in [2.45, 2.75) is 6.54 Å². The second-order valence-corrected chi connectivity index (χ2v) is 4.29. The highest BCUT2D eigenvalue weighted by Gasteiger charge is 2.12. The third-order valence-electron chi connectivity index (χ3n) is 2.84. The van der Waals surface area contributed by atoms with Gasteiger partial charge in [0.15, 0.2) is 5.76 Å². The Morgan fingerprint density at radius 3 is 3.00 bits per heavy atom. The van der Waals surface area contributed by atoms with Gasteiger partial charge in [0.25, 0.3) is 5.91 Å². The number of furan rings is 1. The minimum atomic E-state index is -0.293. The van der Waals surface area contributed by atoms with Crippen LogP contribution in [-0.4, -0.2) is 15.9 Å². The van der Waals surface area contributed by atoms with Crippen LogP contribution in [0.3, 0.4) is 0 Å². The number of fused-ring (bicyclic) bond motifs is 1. The number of carbonyl (C=O) groups excluding carboxylic acids is 1. The summed E-state index contributed by atoms with van der Waals surface area (Å²) in [5, 5.41) is 3.54. The number of rotatable bonds is 3. The van der Waals surface area contributed by atoms with Gasteiger partial charge in [-0.25, -0.2) is 9.97 Å². The fourth-order valence-electron chi connectivity index (χ4n) is 1.85. The van der Waals surface area contributed by atoms with Gasteiger partial charge in [-0.1, -0.05) is 0 Å². The summed E-state index contributed by atoms with van der Waals surface area (Å²) in [5.41, 5.74) is 7.68. The number of hydrogen-bond acceptors (Lipinski definition) is 5. The Hall–Kier alpha value is -2.89. The maximum atomic E-state index is 12.0. The fraction of sp³-hybridized carbons (Fsp3) is 0.0714. The standard InChI is InChI=1S/C14H12N4O2/c15-10-1-2-12-9(5-10)6-13(20-12)14(19)17-7-11-3-4-16-8-18-11/h1-6,8H,7,15H2,(H,17,19). The van der Waals surface area contributed by atoms with Crippen LogP contribution in [0.15, 0.2) is 47.3 Å². The van der Waals surface area contributed by atoms with Gasteiger partial charge in [0.1, 0.15) is 11.9 Å². The van der Waals surface area contributed by atoms with Crippen molar-refractivity contribution in [1.29, 1.82) is 0 Å². The average molecular weight is 268 g/mol. The summed E-state index contributed by atoms with van der Waals surface area (Å²) >= 11 is 0. The van der Waals surface area contributed by atoms with E-state index in [0.717, 1.165) is 11.1 Å². The molecule has 0 spiro atoms. The average Bonchev–Trinajstić information content (AvgIpc) is 2.89. The lowest BCUT2D eigenvalue weighted by molar-refractivity contribution is 0.0925. The normalized spacial score (nSPS) is 10.6. The van der Waals surface area contributed by atoms with Crippen molar-refractivity contribution in [3.8, 4) is 0 Å². The molecule has 0 saturated carbocycles. The van der Waals surface area contributed by atoms with Crippen LogP contribution in [0.2, 0.25) is 0 Å². The Kier molecular flexibility index (Phi) is 3.04. The molecule has 0 radical (unpaired) electrons. The van der Waals surface area contributed by atoms with Crippen LogP contribution >= 0.6 is 0 Å². The molecule has 3 rings (SSSR count). The Balaban J connectivity index is 1.75. The molecule has 1 aromatic carbocycles. The van der Waals surface area contributed by atoms with Crippen molar-refractivity contribution < 1.29 is 9.21 Å². The van der Waals surface area contributed by atoms with Gasteiger partial charge >= 0.3 is 0 Å². The van der Waals surface area contributed by atoms with Gasteiger partial charge in [-0.15, -0.1) is 0 Å². The SMILES string of the molecule is Nc1ccc2oc(C(=O)NCc3ccncn3)cc2c1. The lowest BCUT2D eigenvalue weighted by Crippen LogP contribution is -2.22. The second kappa shape index (κ2) is 5.00. The van der Waals surface area contributed by atoms with Crippen molar-refractivity contribution in [2.24, 2.45) is 0 Å². The summed E-state index contributed by atoms with van der Waals surface area (Å²) in [4.78, 5) is 19.8. The third kappa shape index (κ3) is 2.44. The fourth-order valence-corrected chi connectivity index (χ4v) is 1.85. The first kappa shape index (κ1) is 12.2. The zero-order chi connectivity index (χ0) is 13.9. The molecule has 0 aliphatic rings. The second-order valence-electron chi connectivity index (χ2n) is 4.29. The van der Waals surface area contributed by atoms with Gasteiger partial charge in [-0.3, -0.25) is 4.79 Å². The molecule has 20 heavy (non-hydrogen) atoms. The quantitative estimate of drug-likeness (QED) is 0.705. The van der Waals surface area contributed by atoms with E-state index >= 15 is 0 Å². The Labute approximate surface area is 114 Å². The van der Waals surface area contributed by atoms with Crippen LogP contribution in [0.1, 0.15) is 16.2 Å². The first-order valence-electron chi connectivity index (χ1n) is 6.04. The number of nitrogens with one attached hydrogen (secondary N) is 1. The molecule has 2 heterocycles. The van der Waals surface area contributed by atoms with Crippen LogP contribution in [-0.2, 0) is 6.54 Å². The number of carbonyl (C=O) groups is 1. The number of aromatic nitrogens is 2. The Bertz CT molecular complexity index is 752. The van der Waals surface area contributed by atoms with Crippen LogP contribution in [0.25, 0.3) is 11.0 Å². The van der Waals surface area contributed by atoms with E-state index < -0.39 is 0 Å². The Morgan fingerprint density at radius 2 is 2.20 bits per heavy atom. The molecule has 0 saturated heterocycles. The number of nitrogens with two attached hydrogens (primary N) is 1. The van der Waals surface area contributed by atoms with E-state index in [1.807, 2.05) is 0 Å². The van der Waals surface area contributed by atoms with E-state index in [1.54, 1.807) is 36.5 Å². The van der Waals surface area contributed by atoms with Crippen molar-refractivity contribution in [3.05, 3.63) is 54.3 Å². The molecule has 0 unspecified atom stereocenters. The minimum Gasteiger partial charge on any atom is -0.451 e. The van der Waals surface area contributed by atoms with Crippen LogP contribution in [0.4, 0.5) is 5.69 Å². The maximum absolute atomic E-state index is 12.0. The van der Waals surface area contributed by atoms with Gasteiger partial charge in [0.05, 0.1) is 12.2 Å². The summed E-state index contributed by atoms with van der Waals surface area (Å²) < 4.78 is 5.47. The monoisotopic (exact) mass is 268 g/mol. The van der Waals surface area contributed by atoms with Crippen LogP contribution in [0.5, 0.6) is 0 Å². The molecule has 6 nitrogen and oxygen atoms in total. The smallest absolute Gasteiger partial charge is 0.287 e. The zero-order valence-corrected chi connectivity index (χ0v) is 10.5. The van der Waals surface area contributed by atoms with E-state index in [2.05, 4.69) is 15.3 Å². The summed E-state index contributed by atoms with van der Waals surface area (Å²) in [5.74, 6) is -0.0435. The topological polar surface area (TPSA) is 94.0 Å². The van der Waals surface area contributed by atoms with Gasteiger partial charge in [-0.05, 0) is 30.3 Å². The van der Waals surface area contributed by atoms with Crippen molar-refractivity contribution >= 4 is 22.6 Å². The van der Waals surface area contributed by atoms with E-state index in [0.29, 0.717) is 17.8 Å². The van der Waals surface area contributed by atoms with Crippen LogP contribution < -0.4 is 11.1 Å². The first-order valence-corrected chi connectivity index (χ1v) is 6.04. The van der Waals surface area contributed by atoms with E-state index in [-0.39, 0.29) is 11.7 Å². The van der Waals surface area contributed by atoms with E-state index in [4.69, 9.17) is 10.2 Å². The molecule has 0 fully saturated rings. The lowest BCUT2D eigenvalue weighted by atomic mass is 10.2. The largest absolute Gasteiger partial charge is 0.451 e. The van der Waals surface area contributed by atoms with Gasteiger partial charge in [-0.2, -0.15) is 0 Å². The summed E-state index contributed by atoms with van der Waals surface area (Å²) in [7, 11) is 0. The molecular formula is C14H12N4O2. The van der Waals surface area contributed by atoms with Gasteiger partial charge in [0, 0.05) is 17.3 Å². The molecule has 0 aliphatic heterocycles. The molecule has 1 amide bonds. The van der Waals surface area contributed by atoms with Crippen LogP contribution in [0, 0.1) is 0 Å². The Morgan fingerprint density at radius 1 is 1.30 bits per heavy atom. The van der Waals surface area contributed by atoms with Gasteiger partial charge in [0.2, 0.25) is 0 Å². The van der Waals surface area contributed by atoms with Crippen molar-refractivity contribution in [1.82, 2.24) is 15.3 Å². The zero-order valence-electron chi connectivity index (χ0n) is 10.5. The number of amides is 1. The molecule has 0 bridgehead atoms. The highest BCUT2D eigenvalue weighted by atomic mass is 16.3. The minimum absolute atomic E-state index is 0.250. The molecule has 2 aromatic heterocycles. The number of anilines is 1. The predicted molar refractivity (Wildman–Crippen MR) is 73.8 cm³/mol. The number of benzene rings is 1. The summed E-state index contributed by atoms with van der Waals surface area (Å²) in [6.07, 6.45) is 3.06. The van der Waals surface area contributed by atoms with Gasteiger partial charge < -0.3 is 15.5 Å². The number of nitrogens with zero attached hydrogens (tertiary/aromatic N) is 2. The highest BCUT2D eigenvalue weighted by Crippen LogP contribution is 2.21. The summed E-state index contributed by atoms with van der Waals surface area (Å²) in [6, 6.07) is 8.64. The van der Waals surface area contributed by atoms with E-state index in [9.17, 15) is 4.79 Å². The molecule has 0 atom stereocenters. The molecule has 100 valence electrons. The molecule has 0 aliphatic carbocycles. The molecule has 3 aromatic rings. The van der Waals surface area contributed by atoms with Crippen molar-refractivity contribution in [2.75, 3.05) is 5.73 Å². The summed E-state index contributed by atoms with van der Waals surface area (Å²) in [6.45, 7) is 0.320. The third-order valence-corrected chi connectivity index (χ3v) is 2.84. The first-order chi connectivity index (χ1) is 9.72.